The van der Waals surface area contributed by atoms with Crippen molar-refractivity contribution in [3.63, 3.8) is 0 Å². The van der Waals surface area contributed by atoms with Gasteiger partial charge in [0.1, 0.15) is 17.3 Å². The Morgan fingerprint density at radius 2 is 1.90 bits per heavy atom. The minimum absolute atomic E-state index is 0.114. The van der Waals surface area contributed by atoms with Gasteiger partial charge in [-0.2, -0.15) is 0 Å². The molecule has 162 valence electrons. The summed E-state index contributed by atoms with van der Waals surface area (Å²) in [6, 6.07) is 11.5. The lowest BCUT2D eigenvalue weighted by Gasteiger charge is -2.40. The van der Waals surface area contributed by atoms with Gasteiger partial charge < -0.3 is 19.7 Å². The zero-order valence-corrected chi connectivity index (χ0v) is 19.0. The molecule has 30 heavy (non-hydrogen) atoms. The van der Waals surface area contributed by atoms with E-state index in [4.69, 9.17) is 9.47 Å². The SMILES string of the molecule is COc1ccc(Br)cc1C(=O)NC1(C)CCN(CCCOc2ccc(F)cc2)CC1. The van der Waals surface area contributed by atoms with Gasteiger partial charge in [0, 0.05) is 29.6 Å². The van der Waals surface area contributed by atoms with Crippen molar-refractivity contribution in [2.24, 2.45) is 0 Å². The van der Waals surface area contributed by atoms with Gasteiger partial charge in [-0.1, -0.05) is 15.9 Å². The highest BCUT2D eigenvalue weighted by Crippen LogP contribution is 2.26. The number of ether oxygens (including phenoxy) is 2. The van der Waals surface area contributed by atoms with E-state index in [1.165, 1.54) is 12.1 Å². The standard InChI is InChI=1S/C23H28BrFN2O3/c1-23(26-22(28)20-16-17(24)4-9-21(20)29-2)10-13-27(14-11-23)12-3-15-30-19-7-5-18(25)6-8-19/h4-9,16H,3,10-15H2,1-2H3,(H,26,28). The Hall–Kier alpha value is -2.12. The third-order valence-corrected chi connectivity index (χ3v) is 5.98. The molecular formula is C23H28BrFN2O3. The lowest BCUT2D eigenvalue weighted by atomic mass is 9.89. The van der Waals surface area contributed by atoms with E-state index < -0.39 is 0 Å². The maximum atomic E-state index is 12.9. The third kappa shape index (κ3) is 6.19. The second-order valence-corrected chi connectivity index (χ2v) is 8.77. The average molecular weight is 479 g/mol. The highest BCUT2D eigenvalue weighted by atomic mass is 79.9. The molecule has 0 saturated carbocycles. The first-order valence-electron chi connectivity index (χ1n) is 10.2. The molecule has 5 nitrogen and oxygen atoms in total. The Kier molecular flexibility index (Phi) is 7.72. The Balaban J connectivity index is 1.43. The average Bonchev–Trinajstić information content (AvgIpc) is 2.73. The van der Waals surface area contributed by atoms with Crippen LogP contribution in [0.2, 0.25) is 0 Å². The van der Waals surface area contributed by atoms with E-state index in [1.54, 1.807) is 31.4 Å². The molecule has 0 bridgehead atoms. The number of rotatable bonds is 8. The highest BCUT2D eigenvalue weighted by molar-refractivity contribution is 9.10. The van der Waals surface area contributed by atoms with E-state index in [0.717, 1.165) is 43.4 Å². The quantitative estimate of drug-likeness (QED) is 0.561. The van der Waals surface area contributed by atoms with E-state index in [0.29, 0.717) is 23.7 Å². The van der Waals surface area contributed by atoms with Crippen LogP contribution in [0.3, 0.4) is 0 Å². The van der Waals surface area contributed by atoms with Crippen molar-refractivity contribution in [1.29, 1.82) is 0 Å². The van der Waals surface area contributed by atoms with Crippen LogP contribution in [0, 0.1) is 5.82 Å². The van der Waals surface area contributed by atoms with E-state index in [1.807, 2.05) is 6.07 Å². The molecule has 0 radical (unpaired) electrons. The topological polar surface area (TPSA) is 50.8 Å². The second kappa shape index (κ2) is 10.3. The first-order valence-corrected chi connectivity index (χ1v) is 10.9. The summed E-state index contributed by atoms with van der Waals surface area (Å²) in [5, 5.41) is 3.21. The summed E-state index contributed by atoms with van der Waals surface area (Å²) in [5.41, 5.74) is 0.291. The lowest BCUT2D eigenvalue weighted by molar-refractivity contribution is 0.0827. The number of halogens is 2. The Morgan fingerprint density at radius 1 is 1.20 bits per heavy atom. The number of carbonyl (C=O) groups excluding carboxylic acids is 1. The summed E-state index contributed by atoms with van der Waals surface area (Å²) in [6.45, 7) is 5.47. The van der Waals surface area contributed by atoms with E-state index >= 15 is 0 Å². The molecule has 1 heterocycles. The molecule has 0 aromatic heterocycles. The van der Waals surface area contributed by atoms with Crippen molar-refractivity contribution in [1.82, 2.24) is 10.2 Å². The molecule has 2 aromatic rings. The molecule has 0 unspecified atom stereocenters. The minimum atomic E-state index is -0.260. The zero-order valence-electron chi connectivity index (χ0n) is 17.4. The molecule has 7 heteroatoms. The number of likely N-dealkylation sites (tertiary alicyclic amines) is 1. The number of hydrogen-bond acceptors (Lipinski definition) is 4. The maximum Gasteiger partial charge on any atom is 0.255 e. The second-order valence-electron chi connectivity index (χ2n) is 7.86. The van der Waals surface area contributed by atoms with Crippen molar-refractivity contribution in [3.8, 4) is 11.5 Å². The largest absolute Gasteiger partial charge is 0.496 e. The number of nitrogens with one attached hydrogen (secondary N) is 1. The van der Waals surface area contributed by atoms with Gasteiger partial charge in [0.2, 0.25) is 0 Å². The zero-order chi connectivity index (χ0) is 21.6. The molecule has 1 aliphatic heterocycles. The van der Waals surface area contributed by atoms with Crippen LogP contribution in [0.5, 0.6) is 11.5 Å². The summed E-state index contributed by atoms with van der Waals surface area (Å²) in [4.78, 5) is 15.2. The predicted octanol–water partition coefficient (Wildman–Crippen LogP) is 4.65. The molecule has 3 rings (SSSR count). The van der Waals surface area contributed by atoms with Crippen molar-refractivity contribution < 1.29 is 18.7 Å². The highest BCUT2D eigenvalue weighted by Gasteiger charge is 2.32. The fourth-order valence-electron chi connectivity index (χ4n) is 3.60. The van der Waals surface area contributed by atoms with Crippen molar-refractivity contribution in [2.45, 2.75) is 31.7 Å². The first kappa shape index (κ1) is 22.6. The van der Waals surface area contributed by atoms with Crippen LogP contribution >= 0.6 is 15.9 Å². The molecular weight excluding hydrogens is 451 g/mol. The van der Waals surface area contributed by atoms with Crippen molar-refractivity contribution in [3.05, 3.63) is 58.3 Å². The summed E-state index contributed by atoms with van der Waals surface area (Å²) < 4.78 is 24.8. The van der Waals surface area contributed by atoms with Crippen LogP contribution in [-0.2, 0) is 0 Å². The fourth-order valence-corrected chi connectivity index (χ4v) is 3.96. The van der Waals surface area contributed by atoms with Crippen LogP contribution in [0.4, 0.5) is 4.39 Å². The number of carbonyl (C=O) groups is 1. The number of methoxy groups -OCH3 is 1. The van der Waals surface area contributed by atoms with Crippen LogP contribution in [0.25, 0.3) is 0 Å². The van der Waals surface area contributed by atoms with E-state index in [-0.39, 0.29) is 17.3 Å². The van der Waals surface area contributed by atoms with Gasteiger partial charge >= 0.3 is 0 Å². The molecule has 0 spiro atoms. The molecule has 1 amide bonds. The van der Waals surface area contributed by atoms with Crippen LogP contribution in [-0.4, -0.2) is 49.7 Å². The van der Waals surface area contributed by atoms with Crippen LogP contribution < -0.4 is 14.8 Å². The Bertz CT molecular complexity index is 852. The smallest absolute Gasteiger partial charge is 0.255 e. The summed E-state index contributed by atoms with van der Waals surface area (Å²) in [7, 11) is 1.57. The van der Waals surface area contributed by atoms with Gasteiger partial charge in [0.25, 0.3) is 5.91 Å². The molecule has 2 aromatic carbocycles. The van der Waals surface area contributed by atoms with E-state index in [2.05, 4.69) is 33.1 Å². The summed E-state index contributed by atoms with van der Waals surface area (Å²) in [5.74, 6) is 0.882. The number of amides is 1. The molecule has 1 saturated heterocycles. The lowest BCUT2D eigenvalue weighted by Crippen LogP contribution is -2.53. The number of hydrogen-bond donors (Lipinski definition) is 1. The predicted molar refractivity (Wildman–Crippen MR) is 119 cm³/mol. The van der Waals surface area contributed by atoms with Crippen molar-refractivity contribution >= 4 is 21.8 Å². The molecule has 1 fully saturated rings. The third-order valence-electron chi connectivity index (χ3n) is 5.48. The minimum Gasteiger partial charge on any atom is -0.496 e. The summed E-state index contributed by atoms with van der Waals surface area (Å²) in [6.07, 6.45) is 2.66. The molecule has 0 atom stereocenters. The van der Waals surface area contributed by atoms with Gasteiger partial charge in [0.15, 0.2) is 0 Å². The van der Waals surface area contributed by atoms with Crippen LogP contribution in [0.15, 0.2) is 46.9 Å². The fraction of sp³-hybridized carbons (Fsp3) is 0.435. The molecule has 1 aliphatic rings. The molecule has 1 N–H and O–H groups in total. The van der Waals surface area contributed by atoms with Gasteiger partial charge in [-0.3, -0.25) is 4.79 Å². The Morgan fingerprint density at radius 3 is 2.57 bits per heavy atom. The summed E-state index contributed by atoms with van der Waals surface area (Å²) >= 11 is 3.42. The van der Waals surface area contributed by atoms with Crippen molar-refractivity contribution in [2.75, 3.05) is 33.4 Å². The molecule has 0 aliphatic carbocycles. The van der Waals surface area contributed by atoms with Gasteiger partial charge in [0.05, 0.1) is 19.3 Å². The number of piperidine rings is 1. The Labute approximate surface area is 185 Å². The number of nitrogens with zero attached hydrogens (tertiary/aromatic N) is 1. The number of benzene rings is 2. The van der Waals surface area contributed by atoms with Gasteiger partial charge in [-0.25, -0.2) is 4.39 Å². The van der Waals surface area contributed by atoms with E-state index in [9.17, 15) is 9.18 Å². The van der Waals surface area contributed by atoms with Gasteiger partial charge in [-0.05, 0) is 68.7 Å². The van der Waals surface area contributed by atoms with Crippen LogP contribution in [0.1, 0.15) is 36.5 Å². The maximum absolute atomic E-state index is 12.9. The monoisotopic (exact) mass is 478 g/mol. The first-order chi connectivity index (χ1) is 14.4. The van der Waals surface area contributed by atoms with Gasteiger partial charge in [-0.15, -0.1) is 0 Å². The normalized spacial score (nSPS) is 16.1.